The summed E-state index contributed by atoms with van der Waals surface area (Å²) in [6, 6.07) is 4.61. The van der Waals surface area contributed by atoms with Gasteiger partial charge in [-0.05, 0) is 24.3 Å². The van der Waals surface area contributed by atoms with Gasteiger partial charge in [0.05, 0.1) is 5.69 Å². The smallest absolute Gasteiger partial charge is 0.342 e. The highest BCUT2D eigenvalue weighted by molar-refractivity contribution is 5.86. The molecule has 19 heavy (non-hydrogen) atoms. The Morgan fingerprint density at radius 3 is 2.32 bits per heavy atom. The molecule has 1 aromatic heterocycles. The first-order valence-corrected chi connectivity index (χ1v) is 5.23. The van der Waals surface area contributed by atoms with Gasteiger partial charge in [-0.1, -0.05) is 0 Å². The number of carboxylic acid groups (broad SMARTS) is 1. The lowest BCUT2D eigenvalue weighted by atomic mass is 10.3. The van der Waals surface area contributed by atoms with Crippen LogP contribution in [-0.2, 0) is 7.05 Å². The van der Waals surface area contributed by atoms with Gasteiger partial charge in [-0.2, -0.15) is 0 Å². The number of aromatic carboxylic acids is 1. The summed E-state index contributed by atoms with van der Waals surface area (Å²) in [5.74, 6) is -1.96. The maximum atomic E-state index is 12.8. The van der Waals surface area contributed by atoms with E-state index in [1.54, 1.807) is 0 Å². The van der Waals surface area contributed by atoms with Crippen molar-refractivity contribution in [1.29, 1.82) is 0 Å². The van der Waals surface area contributed by atoms with Crippen molar-refractivity contribution in [3.05, 3.63) is 62.7 Å². The number of rotatable bonds is 2. The molecule has 0 fully saturated rings. The molecule has 0 bridgehead atoms. The van der Waals surface area contributed by atoms with Crippen LogP contribution in [-0.4, -0.2) is 20.2 Å². The first kappa shape index (κ1) is 12.7. The molecule has 0 radical (unpaired) electrons. The molecular weight excluding hydrogens is 255 g/mol. The predicted octanol–water partition coefficient (Wildman–Crippen LogP) is 0.373. The number of hydrogen-bond donors (Lipinski definition) is 1. The molecule has 7 heteroatoms. The lowest BCUT2D eigenvalue weighted by Crippen LogP contribution is -2.40. The summed E-state index contributed by atoms with van der Waals surface area (Å²) >= 11 is 0. The van der Waals surface area contributed by atoms with E-state index in [4.69, 9.17) is 5.11 Å². The molecule has 0 atom stereocenters. The molecule has 0 aliphatic rings. The van der Waals surface area contributed by atoms with Crippen LogP contribution in [0.4, 0.5) is 4.39 Å². The lowest BCUT2D eigenvalue weighted by molar-refractivity contribution is 0.0693. The van der Waals surface area contributed by atoms with E-state index in [0.29, 0.717) is 4.57 Å². The molecule has 0 unspecified atom stereocenters. The molecule has 0 spiro atoms. The summed E-state index contributed by atoms with van der Waals surface area (Å²) in [6.07, 6.45) is 0.951. The van der Waals surface area contributed by atoms with Gasteiger partial charge in [-0.3, -0.25) is 4.79 Å². The zero-order valence-corrected chi connectivity index (χ0v) is 9.83. The van der Waals surface area contributed by atoms with Gasteiger partial charge >= 0.3 is 11.7 Å². The maximum Gasteiger partial charge on any atom is 0.342 e. The van der Waals surface area contributed by atoms with Gasteiger partial charge in [-0.15, -0.1) is 0 Å². The van der Waals surface area contributed by atoms with Crippen molar-refractivity contribution in [2.75, 3.05) is 0 Å². The summed E-state index contributed by atoms with van der Waals surface area (Å²) in [5, 5.41) is 8.91. The minimum atomic E-state index is -1.43. The largest absolute Gasteiger partial charge is 0.477 e. The molecule has 0 saturated heterocycles. The van der Waals surface area contributed by atoms with Crippen LogP contribution >= 0.6 is 0 Å². The molecule has 0 saturated carbocycles. The molecule has 1 heterocycles. The van der Waals surface area contributed by atoms with Crippen LogP contribution in [0, 0.1) is 5.82 Å². The van der Waals surface area contributed by atoms with Crippen molar-refractivity contribution >= 4 is 5.97 Å². The molecule has 2 rings (SSSR count). The van der Waals surface area contributed by atoms with Crippen LogP contribution in [0.3, 0.4) is 0 Å². The molecular formula is C12H9FN2O4. The minimum Gasteiger partial charge on any atom is -0.477 e. The van der Waals surface area contributed by atoms with Crippen molar-refractivity contribution in [2.45, 2.75) is 0 Å². The van der Waals surface area contributed by atoms with E-state index in [9.17, 15) is 18.8 Å². The Morgan fingerprint density at radius 1 is 1.21 bits per heavy atom. The SMILES string of the molecule is Cn1cc(C(=O)O)c(=O)n(-c2ccc(F)cc2)c1=O. The van der Waals surface area contributed by atoms with Crippen LogP contribution < -0.4 is 11.2 Å². The van der Waals surface area contributed by atoms with Crippen molar-refractivity contribution in [3.8, 4) is 5.69 Å². The van der Waals surface area contributed by atoms with Crippen LogP contribution in [0.15, 0.2) is 40.1 Å². The predicted molar refractivity (Wildman–Crippen MR) is 64.2 cm³/mol. The minimum absolute atomic E-state index is 0.107. The second-order valence-electron chi connectivity index (χ2n) is 3.86. The number of carboxylic acids is 1. The third kappa shape index (κ3) is 2.17. The molecule has 2 aromatic rings. The van der Waals surface area contributed by atoms with Gasteiger partial charge in [0.25, 0.3) is 5.56 Å². The Hall–Kier alpha value is -2.70. The fourth-order valence-corrected chi connectivity index (χ4v) is 1.63. The van der Waals surface area contributed by atoms with Crippen molar-refractivity contribution < 1.29 is 14.3 Å². The topological polar surface area (TPSA) is 81.3 Å². The normalized spacial score (nSPS) is 10.4. The highest BCUT2D eigenvalue weighted by Crippen LogP contribution is 2.05. The second-order valence-corrected chi connectivity index (χ2v) is 3.86. The van der Waals surface area contributed by atoms with Gasteiger partial charge in [0.1, 0.15) is 11.4 Å². The lowest BCUT2D eigenvalue weighted by Gasteiger charge is -2.08. The summed E-state index contributed by atoms with van der Waals surface area (Å²) < 4.78 is 14.5. The van der Waals surface area contributed by atoms with E-state index in [1.165, 1.54) is 19.2 Å². The molecule has 0 amide bonds. The van der Waals surface area contributed by atoms with E-state index >= 15 is 0 Å². The molecule has 0 aliphatic carbocycles. The first-order valence-electron chi connectivity index (χ1n) is 5.23. The van der Waals surface area contributed by atoms with Gasteiger partial charge in [0.2, 0.25) is 0 Å². The molecule has 6 nitrogen and oxygen atoms in total. The van der Waals surface area contributed by atoms with Crippen LogP contribution in [0.5, 0.6) is 0 Å². The number of halogens is 1. The number of aromatic nitrogens is 2. The Balaban J connectivity index is 2.83. The van der Waals surface area contributed by atoms with E-state index in [2.05, 4.69) is 0 Å². The van der Waals surface area contributed by atoms with Crippen LogP contribution in [0.2, 0.25) is 0 Å². The maximum absolute atomic E-state index is 12.8. The average Bonchev–Trinajstić information content (AvgIpc) is 2.36. The third-order valence-electron chi connectivity index (χ3n) is 2.56. The van der Waals surface area contributed by atoms with Crippen molar-refractivity contribution in [2.24, 2.45) is 7.05 Å². The second kappa shape index (κ2) is 4.52. The third-order valence-corrected chi connectivity index (χ3v) is 2.56. The summed E-state index contributed by atoms with van der Waals surface area (Å²) in [4.78, 5) is 34.8. The Morgan fingerprint density at radius 2 is 1.79 bits per heavy atom. The monoisotopic (exact) mass is 264 g/mol. The molecule has 1 N–H and O–H groups in total. The Bertz CT molecular complexity index is 759. The molecule has 98 valence electrons. The van der Waals surface area contributed by atoms with Crippen molar-refractivity contribution in [3.63, 3.8) is 0 Å². The van der Waals surface area contributed by atoms with Gasteiger partial charge in [0, 0.05) is 13.2 Å². The fraction of sp³-hybridized carbons (Fsp3) is 0.0833. The number of carbonyl (C=O) groups is 1. The Labute approximate surface area is 106 Å². The fourth-order valence-electron chi connectivity index (χ4n) is 1.63. The standard InChI is InChI=1S/C12H9FN2O4/c1-14-6-9(11(17)18)10(16)15(12(14)19)8-4-2-7(13)3-5-8/h2-6H,1H3,(H,17,18). The van der Waals surface area contributed by atoms with Crippen LogP contribution in [0.25, 0.3) is 5.69 Å². The highest BCUT2D eigenvalue weighted by Gasteiger charge is 2.16. The quantitative estimate of drug-likeness (QED) is 0.849. The molecule has 0 aliphatic heterocycles. The summed E-state index contributed by atoms with van der Waals surface area (Å²) in [5.41, 5.74) is -2.09. The van der Waals surface area contributed by atoms with Gasteiger partial charge < -0.3 is 9.67 Å². The van der Waals surface area contributed by atoms with Gasteiger partial charge in [0.15, 0.2) is 0 Å². The number of benzene rings is 1. The van der Waals surface area contributed by atoms with E-state index in [-0.39, 0.29) is 5.69 Å². The highest BCUT2D eigenvalue weighted by atomic mass is 19.1. The zero-order chi connectivity index (χ0) is 14.2. The van der Waals surface area contributed by atoms with E-state index in [1.807, 2.05) is 0 Å². The Kier molecular flexibility index (Phi) is 3.04. The van der Waals surface area contributed by atoms with Crippen molar-refractivity contribution in [1.82, 2.24) is 9.13 Å². The number of nitrogens with zero attached hydrogens (tertiary/aromatic N) is 2. The van der Waals surface area contributed by atoms with Crippen LogP contribution in [0.1, 0.15) is 10.4 Å². The number of aryl methyl sites for hydroxylation is 1. The number of hydrogen-bond acceptors (Lipinski definition) is 3. The summed E-state index contributed by atoms with van der Waals surface area (Å²) in [6.45, 7) is 0. The van der Waals surface area contributed by atoms with Gasteiger partial charge in [-0.25, -0.2) is 18.5 Å². The van der Waals surface area contributed by atoms with E-state index in [0.717, 1.165) is 22.9 Å². The summed E-state index contributed by atoms with van der Waals surface area (Å²) in [7, 11) is 1.33. The average molecular weight is 264 g/mol. The first-order chi connectivity index (χ1) is 8.91. The zero-order valence-electron chi connectivity index (χ0n) is 9.83. The van der Waals surface area contributed by atoms with E-state index < -0.39 is 28.6 Å². The molecule has 1 aromatic carbocycles.